The molecular weight excluding hydrogens is 572 g/mol. The molecule has 1 aromatic heterocycles. The number of aliphatic hydroxyl groups is 1. The summed E-state index contributed by atoms with van der Waals surface area (Å²) in [5, 5.41) is 17.2. The Hall–Kier alpha value is -4.18. The maximum absolute atomic E-state index is 14.2. The Labute approximate surface area is 263 Å². The van der Waals surface area contributed by atoms with Gasteiger partial charge in [-0.25, -0.2) is 4.98 Å². The lowest BCUT2D eigenvalue weighted by Gasteiger charge is -2.29. The van der Waals surface area contributed by atoms with E-state index in [-0.39, 0.29) is 53.9 Å². The molecule has 10 heteroatoms. The molecular formula is C35H42N4O6. The summed E-state index contributed by atoms with van der Waals surface area (Å²) in [7, 11) is 0. The zero-order valence-electron chi connectivity index (χ0n) is 26.7. The van der Waals surface area contributed by atoms with Crippen molar-refractivity contribution in [3.63, 3.8) is 0 Å². The van der Waals surface area contributed by atoms with Crippen LogP contribution in [0.5, 0.6) is 5.75 Å². The summed E-state index contributed by atoms with van der Waals surface area (Å²) in [6, 6.07) is 13.0. The smallest absolute Gasteiger partial charge is 0.276 e. The second-order valence-electron chi connectivity index (χ2n) is 13.0. The van der Waals surface area contributed by atoms with Gasteiger partial charge in [0.1, 0.15) is 23.3 Å². The lowest BCUT2D eigenvalue weighted by atomic mass is 9.72. The Morgan fingerprint density at radius 2 is 1.80 bits per heavy atom. The Balaban J connectivity index is 1.61. The molecule has 0 saturated carbocycles. The molecule has 4 bridgehead atoms. The van der Waals surface area contributed by atoms with E-state index < -0.39 is 29.7 Å². The van der Waals surface area contributed by atoms with Crippen LogP contribution in [0.1, 0.15) is 92.8 Å². The van der Waals surface area contributed by atoms with Crippen LogP contribution in [-0.2, 0) is 21.4 Å². The number of nitrogens with one attached hydrogen (secondary N) is 2. The van der Waals surface area contributed by atoms with Crippen molar-refractivity contribution in [2.24, 2.45) is 17.8 Å². The number of nitrogens with zero attached hydrogens (tertiary/aromatic N) is 2. The van der Waals surface area contributed by atoms with E-state index in [1.165, 1.54) is 0 Å². The Kier molecular flexibility index (Phi) is 7.97. The van der Waals surface area contributed by atoms with Crippen molar-refractivity contribution in [1.82, 2.24) is 15.2 Å². The van der Waals surface area contributed by atoms with Gasteiger partial charge in [-0.2, -0.15) is 0 Å². The van der Waals surface area contributed by atoms with Gasteiger partial charge in [-0.15, -0.1) is 0 Å². The van der Waals surface area contributed by atoms with E-state index in [4.69, 9.17) is 14.1 Å². The molecule has 1 spiro atoms. The lowest BCUT2D eigenvalue weighted by Crippen LogP contribution is -2.42. The average Bonchev–Trinajstić information content (AvgIpc) is 3.68. The molecule has 0 saturated heterocycles. The molecule has 3 aromatic rings. The number of hydrogen-bond donors (Lipinski definition) is 3. The second-order valence-corrected chi connectivity index (χ2v) is 13.0. The zero-order chi connectivity index (χ0) is 32.2. The Bertz CT molecular complexity index is 1640. The highest BCUT2D eigenvalue weighted by atomic mass is 16.5. The van der Waals surface area contributed by atoms with E-state index in [1.807, 2.05) is 70.2 Å². The third-order valence-corrected chi connectivity index (χ3v) is 9.49. The van der Waals surface area contributed by atoms with Crippen LogP contribution >= 0.6 is 0 Å². The summed E-state index contributed by atoms with van der Waals surface area (Å²) in [6.45, 7) is 12.3. The number of para-hydroxylation sites is 1. The van der Waals surface area contributed by atoms with E-state index in [1.54, 1.807) is 18.7 Å². The van der Waals surface area contributed by atoms with Gasteiger partial charge in [0.15, 0.2) is 23.5 Å². The number of rotatable bonds is 8. The summed E-state index contributed by atoms with van der Waals surface area (Å²) in [4.78, 5) is 47.9. The number of anilines is 1. The molecule has 2 unspecified atom stereocenters. The first kappa shape index (κ1) is 30.8. The number of ketones is 1. The van der Waals surface area contributed by atoms with Crippen molar-refractivity contribution in [3.05, 3.63) is 76.5 Å². The van der Waals surface area contributed by atoms with Crippen molar-refractivity contribution in [3.8, 4) is 5.75 Å². The highest BCUT2D eigenvalue weighted by molar-refractivity contribution is 5.95. The molecule has 6 rings (SSSR count). The minimum absolute atomic E-state index is 0.121. The summed E-state index contributed by atoms with van der Waals surface area (Å²) >= 11 is 0. The number of aromatic nitrogens is 1. The molecule has 2 amide bonds. The van der Waals surface area contributed by atoms with Crippen LogP contribution in [0.4, 0.5) is 5.69 Å². The number of amides is 2. The fourth-order valence-corrected chi connectivity index (χ4v) is 6.96. The number of Topliss-reactive ketones (excluding diaryl/α,β-unsaturated/α-hetero) is 1. The van der Waals surface area contributed by atoms with Crippen LogP contribution in [0.25, 0.3) is 0 Å². The fraction of sp³-hybridized carbons (Fsp3) is 0.486. The highest BCUT2D eigenvalue weighted by Gasteiger charge is 2.61. The summed E-state index contributed by atoms with van der Waals surface area (Å²) < 4.78 is 13.3. The van der Waals surface area contributed by atoms with Crippen LogP contribution in [0.2, 0.25) is 0 Å². The van der Waals surface area contributed by atoms with Gasteiger partial charge in [0.25, 0.3) is 5.91 Å². The predicted octanol–water partition coefficient (Wildman–Crippen LogP) is 4.60. The van der Waals surface area contributed by atoms with Crippen LogP contribution in [0, 0.1) is 17.8 Å². The van der Waals surface area contributed by atoms with Crippen LogP contribution in [-0.4, -0.2) is 58.0 Å². The maximum atomic E-state index is 14.2. The van der Waals surface area contributed by atoms with Gasteiger partial charge in [0.2, 0.25) is 11.8 Å². The van der Waals surface area contributed by atoms with Crippen molar-refractivity contribution >= 4 is 23.3 Å². The molecule has 5 atom stereocenters. The number of carbonyl (C=O) groups is 3. The van der Waals surface area contributed by atoms with E-state index in [0.29, 0.717) is 24.6 Å². The van der Waals surface area contributed by atoms with Gasteiger partial charge in [-0.05, 0) is 55.4 Å². The monoisotopic (exact) mass is 614 g/mol. The standard InChI is InChI=1S/C35H42N4O6/c1-7-39(8-2)33(43)28-30-35-22-11-9-10-12-24(22)36-34(35)44-26-14-13-20(16-23(26)35)15-21(17-25(40)29(41)19(5)6)31(42)37-27(18(3)4)32(38-28)45-30/h9-14,16,18-19,21,27,29,34,36,41H,7-8,15,17H2,1-6H3,(H,37,42)/t21?,27-,29-,34-,35?/m0/s1. The van der Waals surface area contributed by atoms with Gasteiger partial charge in [-0.1, -0.05) is 58.0 Å². The van der Waals surface area contributed by atoms with Crippen molar-refractivity contribution in [2.45, 2.75) is 78.2 Å². The van der Waals surface area contributed by atoms with Gasteiger partial charge in [-0.3, -0.25) is 14.4 Å². The number of fused-ring (bicyclic) bond motifs is 4. The molecule has 4 heterocycles. The first-order chi connectivity index (χ1) is 21.5. The van der Waals surface area contributed by atoms with Gasteiger partial charge in [0.05, 0.1) is 0 Å². The number of carbonyl (C=O) groups excluding carboxylic acids is 3. The molecule has 238 valence electrons. The lowest BCUT2D eigenvalue weighted by molar-refractivity contribution is -0.135. The topological polar surface area (TPSA) is 134 Å². The predicted molar refractivity (Wildman–Crippen MR) is 168 cm³/mol. The quantitative estimate of drug-likeness (QED) is 0.335. The van der Waals surface area contributed by atoms with E-state index >= 15 is 0 Å². The first-order valence-corrected chi connectivity index (χ1v) is 16.0. The average molecular weight is 615 g/mol. The number of benzene rings is 2. The van der Waals surface area contributed by atoms with E-state index in [2.05, 4.69) is 10.6 Å². The number of aliphatic hydroxyl groups excluding tert-OH is 1. The molecule has 0 fully saturated rings. The van der Waals surface area contributed by atoms with Crippen molar-refractivity contribution in [1.29, 1.82) is 0 Å². The number of ether oxygens (including phenoxy) is 1. The Morgan fingerprint density at radius 1 is 1.07 bits per heavy atom. The minimum Gasteiger partial charge on any atom is -0.469 e. The van der Waals surface area contributed by atoms with E-state index in [0.717, 1.165) is 22.4 Å². The van der Waals surface area contributed by atoms with Crippen molar-refractivity contribution < 1.29 is 28.6 Å². The molecule has 2 aromatic carbocycles. The van der Waals surface area contributed by atoms with Gasteiger partial charge in [0, 0.05) is 36.7 Å². The highest BCUT2D eigenvalue weighted by Crippen LogP contribution is 2.58. The summed E-state index contributed by atoms with van der Waals surface area (Å²) in [5.41, 5.74) is 2.53. The SMILES string of the molecule is CCN(CC)C(=O)c1nc2oc1C13c4ccccc4N[C@H]1Oc1ccc(cc13)CC(CC(=O)[C@@H](O)C(C)C)C(=O)N[C@H]2C(C)C. The van der Waals surface area contributed by atoms with Crippen LogP contribution < -0.4 is 15.4 Å². The van der Waals surface area contributed by atoms with Crippen LogP contribution in [0.3, 0.4) is 0 Å². The summed E-state index contributed by atoms with van der Waals surface area (Å²) in [6.07, 6.45) is -1.63. The summed E-state index contributed by atoms with van der Waals surface area (Å²) in [5.74, 6) is -0.931. The Morgan fingerprint density at radius 3 is 2.49 bits per heavy atom. The molecule has 3 aliphatic rings. The number of hydrogen-bond acceptors (Lipinski definition) is 8. The zero-order valence-corrected chi connectivity index (χ0v) is 26.7. The molecule has 0 aliphatic carbocycles. The minimum atomic E-state index is -1.17. The maximum Gasteiger partial charge on any atom is 0.276 e. The second kappa shape index (κ2) is 11.6. The van der Waals surface area contributed by atoms with Crippen molar-refractivity contribution in [2.75, 3.05) is 18.4 Å². The van der Waals surface area contributed by atoms with E-state index in [9.17, 15) is 19.5 Å². The molecule has 45 heavy (non-hydrogen) atoms. The molecule has 10 nitrogen and oxygen atoms in total. The molecule has 3 N–H and O–H groups in total. The third-order valence-electron chi connectivity index (χ3n) is 9.49. The molecule has 0 radical (unpaired) electrons. The van der Waals surface area contributed by atoms with Crippen LogP contribution in [0.15, 0.2) is 46.9 Å². The number of oxazole rings is 1. The fourth-order valence-electron chi connectivity index (χ4n) is 6.96. The normalized spacial score (nSPS) is 23.7. The molecule has 3 aliphatic heterocycles. The van der Waals surface area contributed by atoms with Gasteiger partial charge < -0.3 is 29.8 Å². The first-order valence-electron chi connectivity index (χ1n) is 16.0. The van der Waals surface area contributed by atoms with Gasteiger partial charge >= 0.3 is 0 Å². The largest absolute Gasteiger partial charge is 0.469 e. The third kappa shape index (κ3) is 4.90.